The van der Waals surface area contributed by atoms with Gasteiger partial charge in [-0.15, -0.1) is 12.4 Å². The highest BCUT2D eigenvalue weighted by Crippen LogP contribution is 2.12. The van der Waals surface area contributed by atoms with E-state index in [9.17, 15) is 4.39 Å². The fourth-order valence-corrected chi connectivity index (χ4v) is 0.965. The van der Waals surface area contributed by atoms with E-state index in [4.69, 9.17) is 15.7 Å². The Balaban J connectivity index is 0.00000225. The minimum absolute atomic E-state index is 0. The molecule has 3 nitrogen and oxygen atoms in total. The van der Waals surface area contributed by atoms with Gasteiger partial charge in [0.05, 0.1) is 11.6 Å². The van der Waals surface area contributed by atoms with Crippen molar-refractivity contribution in [3.63, 3.8) is 0 Å². The van der Waals surface area contributed by atoms with Gasteiger partial charge in [0.2, 0.25) is 0 Å². The van der Waals surface area contributed by atoms with Crippen molar-refractivity contribution in [2.24, 2.45) is 5.73 Å². The van der Waals surface area contributed by atoms with Crippen LogP contribution in [0.15, 0.2) is 36.2 Å². The zero-order chi connectivity index (χ0) is 11.1. The molecule has 1 aromatic rings. The highest BCUT2D eigenvalue weighted by molar-refractivity contribution is 5.85. The summed E-state index contributed by atoms with van der Waals surface area (Å²) in [6, 6.07) is 8.44. The van der Waals surface area contributed by atoms with Gasteiger partial charge in [0, 0.05) is 6.54 Å². The van der Waals surface area contributed by atoms with Crippen LogP contribution in [0.3, 0.4) is 0 Å². The van der Waals surface area contributed by atoms with E-state index in [-0.39, 0.29) is 25.6 Å². The van der Waals surface area contributed by atoms with Crippen LogP contribution in [0.25, 0.3) is 0 Å². The summed E-state index contributed by atoms with van der Waals surface area (Å²) >= 11 is 0. The first-order valence-corrected chi connectivity index (χ1v) is 4.44. The highest BCUT2D eigenvalue weighted by Gasteiger charge is 1.97. The van der Waals surface area contributed by atoms with Crippen LogP contribution in [0.2, 0.25) is 0 Å². The molecule has 0 heterocycles. The van der Waals surface area contributed by atoms with E-state index in [0.29, 0.717) is 11.3 Å². The van der Waals surface area contributed by atoms with Crippen molar-refractivity contribution in [3.8, 4) is 11.8 Å². The Kier molecular flexibility index (Phi) is 6.93. The van der Waals surface area contributed by atoms with Gasteiger partial charge in [0.15, 0.2) is 0 Å². The van der Waals surface area contributed by atoms with Crippen molar-refractivity contribution in [2.75, 3.05) is 13.2 Å². The zero-order valence-corrected chi connectivity index (χ0v) is 9.34. The summed E-state index contributed by atoms with van der Waals surface area (Å²) in [5.74, 6) is 0.122. The van der Waals surface area contributed by atoms with Crippen LogP contribution < -0.4 is 10.5 Å². The number of halogens is 2. The Hall–Kier alpha value is -1.57. The van der Waals surface area contributed by atoms with E-state index < -0.39 is 5.83 Å². The molecule has 86 valence electrons. The van der Waals surface area contributed by atoms with Crippen LogP contribution in [-0.4, -0.2) is 13.2 Å². The minimum Gasteiger partial charge on any atom is -0.487 e. The van der Waals surface area contributed by atoms with Gasteiger partial charge in [-0.3, -0.25) is 0 Å². The van der Waals surface area contributed by atoms with Crippen molar-refractivity contribution >= 4 is 12.4 Å². The number of ether oxygens (including phenoxy) is 1. The van der Waals surface area contributed by atoms with Gasteiger partial charge in [0.1, 0.15) is 18.2 Å². The monoisotopic (exact) mass is 242 g/mol. The van der Waals surface area contributed by atoms with Gasteiger partial charge >= 0.3 is 0 Å². The molecular formula is C11H12ClFN2O. The second-order valence-corrected chi connectivity index (χ2v) is 2.81. The van der Waals surface area contributed by atoms with E-state index in [1.54, 1.807) is 24.3 Å². The Morgan fingerprint density at radius 1 is 1.44 bits per heavy atom. The molecule has 0 spiro atoms. The fourth-order valence-electron chi connectivity index (χ4n) is 0.965. The quantitative estimate of drug-likeness (QED) is 0.880. The van der Waals surface area contributed by atoms with Gasteiger partial charge in [-0.2, -0.15) is 5.26 Å². The first kappa shape index (κ1) is 14.4. The molecule has 2 N–H and O–H groups in total. The number of hydrogen-bond donors (Lipinski definition) is 1. The third kappa shape index (κ3) is 4.78. The summed E-state index contributed by atoms with van der Waals surface area (Å²) in [6.07, 6.45) is 1.25. The predicted molar refractivity (Wildman–Crippen MR) is 62.1 cm³/mol. The number of nitrogens with two attached hydrogens (primary N) is 1. The number of benzene rings is 1. The lowest BCUT2D eigenvalue weighted by molar-refractivity contribution is 0.318. The summed E-state index contributed by atoms with van der Waals surface area (Å²) in [5, 5.41) is 8.54. The van der Waals surface area contributed by atoms with E-state index in [2.05, 4.69) is 0 Å². The standard InChI is InChI=1S/C11H11FN2O.ClH/c12-10(5-6-13)8-15-11-3-1-9(7-14)2-4-11;/h1-5H,6,8,13H2;1H. The van der Waals surface area contributed by atoms with Crippen molar-refractivity contribution in [1.82, 2.24) is 0 Å². The molecule has 0 amide bonds. The Bertz CT molecular complexity index is 384. The number of nitriles is 1. The maximum Gasteiger partial charge on any atom is 0.139 e. The lowest BCUT2D eigenvalue weighted by Gasteiger charge is -2.03. The predicted octanol–water partition coefficient (Wildman–Crippen LogP) is 2.17. The summed E-state index contributed by atoms with van der Waals surface area (Å²) in [7, 11) is 0. The second kappa shape index (κ2) is 7.69. The Morgan fingerprint density at radius 3 is 2.56 bits per heavy atom. The SMILES string of the molecule is Cl.N#Cc1ccc(OCC(F)=CCN)cc1. The molecule has 0 aromatic heterocycles. The van der Waals surface area contributed by atoms with E-state index in [0.717, 1.165) is 0 Å². The smallest absolute Gasteiger partial charge is 0.139 e. The fraction of sp³-hybridized carbons (Fsp3) is 0.182. The molecule has 0 aliphatic heterocycles. The maximum atomic E-state index is 12.8. The molecule has 1 aromatic carbocycles. The molecule has 0 saturated heterocycles. The maximum absolute atomic E-state index is 12.8. The molecule has 0 fully saturated rings. The topological polar surface area (TPSA) is 59.0 Å². The molecule has 1 rings (SSSR count). The van der Waals surface area contributed by atoms with Crippen molar-refractivity contribution in [2.45, 2.75) is 0 Å². The number of rotatable bonds is 4. The van der Waals surface area contributed by atoms with Gasteiger partial charge < -0.3 is 10.5 Å². The zero-order valence-electron chi connectivity index (χ0n) is 8.52. The van der Waals surface area contributed by atoms with Crippen LogP contribution in [0.1, 0.15) is 5.56 Å². The van der Waals surface area contributed by atoms with Gasteiger partial charge in [-0.25, -0.2) is 4.39 Å². The highest BCUT2D eigenvalue weighted by atomic mass is 35.5. The third-order valence-electron chi connectivity index (χ3n) is 1.70. The van der Waals surface area contributed by atoms with E-state index in [1.807, 2.05) is 6.07 Å². The van der Waals surface area contributed by atoms with Gasteiger partial charge in [-0.1, -0.05) is 0 Å². The Labute approximate surface area is 99.7 Å². The van der Waals surface area contributed by atoms with E-state index in [1.165, 1.54) is 6.08 Å². The molecule has 0 unspecified atom stereocenters. The van der Waals surface area contributed by atoms with E-state index >= 15 is 0 Å². The summed E-state index contributed by atoms with van der Waals surface area (Å²) in [5.41, 5.74) is 5.67. The first-order chi connectivity index (χ1) is 7.26. The lowest BCUT2D eigenvalue weighted by Crippen LogP contribution is -2.01. The summed E-state index contributed by atoms with van der Waals surface area (Å²) in [4.78, 5) is 0. The first-order valence-electron chi connectivity index (χ1n) is 4.44. The van der Waals surface area contributed by atoms with Crippen LogP contribution >= 0.6 is 12.4 Å². The Morgan fingerprint density at radius 2 is 2.06 bits per heavy atom. The molecule has 0 aliphatic rings. The molecule has 0 aliphatic carbocycles. The van der Waals surface area contributed by atoms with Gasteiger partial charge in [0.25, 0.3) is 0 Å². The minimum atomic E-state index is -0.401. The van der Waals surface area contributed by atoms with Crippen molar-refractivity contribution in [1.29, 1.82) is 5.26 Å². The average molecular weight is 243 g/mol. The van der Waals surface area contributed by atoms with Crippen molar-refractivity contribution < 1.29 is 9.13 Å². The molecule has 5 heteroatoms. The normalized spacial score (nSPS) is 10.2. The third-order valence-corrected chi connectivity index (χ3v) is 1.70. The second-order valence-electron chi connectivity index (χ2n) is 2.81. The summed E-state index contributed by atoms with van der Waals surface area (Å²) < 4.78 is 17.9. The van der Waals surface area contributed by atoms with Crippen LogP contribution in [0.5, 0.6) is 5.75 Å². The molecule has 0 radical (unpaired) electrons. The van der Waals surface area contributed by atoms with Crippen LogP contribution in [-0.2, 0) is 0 Å². The largest absolute Gasteiger partial charge is 0.487 e. The molecule has 0 atom stereocenters. The number of nitrogens with zero attached hydrogens (tertiary/aromatic N) is 1. The molecular weight excluding hydrogens is 231 g/mol. The van der Waals surface area contributed by atoms with Crippen molar-refractivity contribution in [3.05, 3.63) is 41.7 Å². The molecule has 0 saturated carbocycles. The summed E-state index contributed by atoms with van der Waals surface area (Å²) in [6.45, 7) is 0.0195. The number of hydrogen-bond acceptors (Lipinski definition) is 3. The van der Waals surface area contributed by atoms with Gasteiger partial charge in [-0.05, 0) is 30.3 Å². The average Bonchev–Trinajstić information content (AvgIpc) is 2.27. The van der Waals surface area contributed by atoms with Crippen LogP contribution in [0, 0.1) is 11.3 Å². The van der Waals surface area contributed by atoms with Crippen LogP contribution in [0.4, 0.5) is 4.39 Å². The molecule has 0 bridgehead atoms. The molecule has 16 heavy (non-hydrogen) atoms. The lowest BCUT2D eigenvalue weighted by atomic mass is 10.2.